The van der Waals surface area contributed by atoms with Crippen LogP contribution in [-0.4, -0.2) is 34.9 Å². The molecule has 2 amide bonds. The van der Waals surface area contributed by atoms with E-state index in [1.54, 1.807) is 6.07 Å². The fourth-order valence-corrected chi connectivity index (χ4v) is 2.15. The van der Waals surface area contributed by atoms with Gasteiger partial charge in [-0.3, -0.25) is 14.5 Å². The van der Waals surface area contributed by atoms with Crippen LogP contribution in [0.5, 0.6) is 5.75 Å². The SMILES string of the molecule is NC(=S)c1cccc(OCCCN2C(=O)CCC2=O)c1. The number of ether oxygens (including phenoxy) is 1. The van der Waals surface area contributed by atoms with Crippen molar-refractivity contribution in [3.8, 4) is 5.75 Å². The van der Waals surface area contributed by atoms with Gasteiger partial charge in [-0.05, 0) is 18.6 Å². The van der Waals surface area contributed by atoms with Gasteiger partial charge >= 0.3 is 0 Å². The van der Waals surface area contributed by atoms with E-state index >= 15 is 0 Å². The Morgan fingerprint density at radius 1 is 1.30 bits per heavy atom. The van der Waals surface area contributed by atoms with Gasteiger partial charge in [0.1, 0.15) is 10.7 Å². The summed E-state index contributed by atoms with van der Waals surface area (Å²) in [6.45, 7) is 0.838. The van der Waals surface area contributed by atoms with Crippen molar-refractivity contribution in [3.63, 3.8) is 0 Å². The van der Waals surface area contributed by atoms with E-state index < -0.39 is 0 Å². The highest BCUT2D eigenvalue weighted by Gasteiger charge is 2.27. The molecule has 0 atom stereocenters. The van der Waals surface area contributed by atoms with E-state index in [9.17, 15) is 9.59 Å². The number of carbonyl (C=O) groups excluding carboxylic acids is 2. The number of benzene rings is 1. The zero-order valence-electron chi connectivity index (χ0n) is 11.0. The van der Waals surface area contributed by atoms with Crippen molar-refractivity contribution in [2.24, 2.45) is 5.73 Å². The molecule has 5 nitrogen and oxygen atoms in total. The van der Waals surface area contributed by atoms with Crippen molar-refractivity contribution in [2.75, 3.05) is 13.2 Å². The average molecular weight is 292 g/mol. The number of hydrogen-bond acceptors (Lipinski definition) is 4. The molecule has 1 fully saturated rings. The van der Waals surface area contributed by atoms with E-state index in [0.717, 1.165) is 5.56 Å². The number of nitrogens with zero attached hydrogens (tertiary/aromatic N) is 1. The highest BCUT2D eigenvalue weighted by molar-refractivity contribution is 7.80. The Labute approximate surface area is 122 Å². The van der Waals surface area contributed by atoms with Gasteiger partial charge in [-0.1, -0.05) is 24.4 Å². The van der Waals surface area contributed by atoms with Crippen molar-refractivity contribution < 1.29 is 14.3 Å². The van der Waals surface area contributed by atoms with Gasteiger partial charge < -0.3 is 10.5 Å². The minimum Gasteiger partial charge on any atom is -0.494 e. The van der Waals surface area contributed by atoms with Crippen molar-refractivity contribution >= 4 is 29.0 Å². The molecular formula is C14H16N2O3S. The molecule has 106 valence electrons. The van der Waals surface area contributed by atoms with E-state index in [4.69, 9.17) is 22.7 Å². The Bertz CT molecular complexity index is 529. The van der Waals surface area contributed by atoms with Crippen LogP contribution in [0.4, 0.5) is 0 Å². The molecule has 1 aromatic carbocycles. The van der Waals surface area contributed by atoms with Crippen LogP contribution in [0.25, 0.3) is 0 Å². The van der Waals surface area contributed by atoms with Crippen LogP contribution in [0, 0.1) is 0 Å². The fraction of sp³-hybridized carbons (Fsp3) is 0.357. The number of likely N-dealkylation sites (tertiary alicyclic amines) is 1. The van der Waals surface area contributed by atoms with E-state index in [1.807, 2.05) is 18.2 Å². The molecular weight excluding hydrogens is 276 g/mol. The summed E-state index contributed by atoms with van der Waals surface area (Å²) in [6.07, 6.45) is 1.26. The smallest absolute Gasteiger partial charge is 0.229 e. The second-order valence-corrected chi connectivity index (χ2v) is 4.97. The predicted molar refractivity (Wildman–Crippen MR) is 78.4 cm³/mol. The Morgan fingerprint density at radius 3 is 2.65 bits per heavy atom. The fourth-order valence-electron chi connectivity index (χ4n) is 2.02. The van der Waals surface area contributed by atoms with Gasteiger partial charge in [0.25, 0.3) is 0 Å². The molecule has 0 aliphatic carbocycles. The number of amides is 2. The first-order valence-electron chi connectivity index (χ1n) is 6.44. The van der Waals surface area contributed by atoms with Crippen LogP contribution >= 0.6 is 12.2 Å². The lowest BCUT2D eigenvalue weighted by molar-refractivity contribution is -0.138. The van der Waals surface area contributed by atoms with Crippen molar-refractivity contribution in [1.29, 1.82) is 0 Å². The maximum Gasteiger partial charge on any atom is 0.229 e. The monoisotopic (exact) mass is 292 g/mol. The lowest BCUT2D eigenvalue weighted by Gasteiger charge is -2.14. The summed E-state index contributed by atoms with van der Waals surface area (Å²) in [5, 5.41) is 0. The van der Waals surface area contributed by atoms with Crippen molar-refractivity contribution in [3.05, 3.63) is 29.8 Å². The van der Waals surface area contributed by atoms with Crippen LogP contribution < -0.4 is 10.5 Å². The molecule has 0 bridgehead atoms. The number of hydrogen-bond donors (Lipinski definition) is 1. The zero-order chi connectivity index (χ0) is 14.5. The predicted octanol–water partition coefficient (Wildman–Crippen LogP) is 1.24. The van der Waals surface area contributed by atoms with Crippen molar-refractivity contribution in [2.45, 2.75) is 19.3 Å². The maximum absolute atomic E-state index is 11.4. The second-order valence-electron chi connectivity index (χ2n) is 4.53. The Kier molecular flexibility index (Phi) is 4.68. The highest BCUT2D eigenvalue weighted by Crippen LogP contribution is 2.15. The highest BCUT2D eigenvalue weighted by atomic mass is 32.1. The van der Waals surface area contributed by atoms with Gasteiger partial charge in [0.2, 0.25) is 11.8 Å². The van der Waals surface area contributed by atoms with E-state index in [-0.39, 0.29) is 11.8 Å². The van der Waals surface area contributed by atoms with Gasteiger partial charge in [0.15, 0.2) is 0 Å². The lowest BCUT2D eigenvalue weighted by atomic mass is 10.2. The van der Waals surface area contributed by atoms with Gasteiger partial charge in [0, 0.05) is 24.9 Å². The minimum absolute atomic E-state index is 0.0922. The number of thiocarbonyl (C=S) groups is 1. The van der Waals surface area contributed by atoms with Crippen LogP contribution in [0.2, 0.25) is 0 Å². The molecule has 20 heavy (non-hydrogen) atoms. The molecule has 0 radical (unpaired) electrons. The van der Waals surface area contributed by atoms with E-state index in [1.165, 1.54) is 4.90 Å². The summed E-state index contributed by atoms with van der Waals surface area (Å²) in [6, 6.07) is 7.22. The summed E-state index contributed by atoms with van der Waals surface area (Å²) in [5.41, 5.74) is 6.30. The molecule has 1 aliphatic rings. The molecule has 2 N–H and O–H groups in total. The third-order valence-corrected chi connectivity index (χ3v) is 3.30. The summed E-state index contributed by atoms with van der Waals surface area (Å²) < 4.78 is 5.56. The molecule has 0 unspecified atom stereocenters. The summed E-state index contributed by atoms with van der Waals surface area (Å²) in [7, 11) is 0. The third kappa shape index (κ3) is 3.54. The average Bonchev–Trinajstić information content (AvgIpc) is 2.75. The molecule has 1 heterocycles. The first-order valence-corrected chi connectivity index (χ1v) is 6.84. The first kappa shape index (κ1) is 14.5. The first-order chi connectivity index (χ1) is 9.58. The Morgan fingerprint density at radius 2 is 2.00 bits per heavy atom. The van der Waals surface area contributed by atoms with Gasteiger partial charge in [-0.2, -0.15) is 0 Å². The number of carbonyl (C=O) groups is 2. The zero-order valence-corrected chi connectivity index (χ0v) is 11.8. The van der Waals surface area contributed by atoms with Gasteiger partial charge in [-0.15, -0.1) is 0 Å². The van der Waals surface area contributed by atoms with Gasteiger partial charge in [-0.25, -0.2) is 0 Å². The molecule has 2 rings (SSSR count). The maximum atomic E-state index is 11.4. The second kappa shape index (κ2) is 6.47. The van der Waals surface area contributed by atoms with Gasteiger partial charge in [0.05, 0.1) is 6.61 Å². The molecule has 1 aromatic rings. The van der Waals surface area contributed by atoms with E-state index in [2.05, 4.69) is 0 Å². The normalized spacial score (nSPS) is 14.7. The van der Waals surface area contributed by atoms with E-state index in [0.29, 0.717) is 43.2 Å². The topological polar surface area (TPSA) is 72.6 Å². The number of nitrogens with two attached hydrogens (primary N) is 1. The number of rotatable bonds is 6. The van der Waals surface area contributed by atoms with Crippen LogP contribution in [0.1, 0.15) is 24.8 Å². The Balaban J connectivity index is 1.78. The molecule has 0 aromatic heterocycles. The summed E-state index contributed by atoms with van der Waals surface area (Å²) in [4.78, 5) is 24.4. The van der Waals surface area contributed by atoms with Crippen molar-refractivity contribution in [1.82, 2.24) is 4.90 Å². The van der Waals surface area contributed by atoms with Crippen LogP contribution in [0.3, 0.4) is 0 Å². The largest absolute Gasteiger partial charge is 0.494 e. The number of imide groups is 1. The molecule has 0 saturated carbocycles. The summed E-state index contributed by atoms with van der Waals surface area (Å²) >= 11 is 4.90. The molecule has 6 heteroatoms. The summed E-state index contributed by atoms with van der Waals surface area (Å²) in [5.74, 6) is 0.491. The third-order valence-electron chi connectivity index (χ3n) is 3.07. The lowest BCUT2D eigenvalue weighted by Crippen LogP contribution is -2.30. The molecule has 0 spiro atoms. The molecule has 1 saturated heterocycles. The van der Waals surface area contributed by atoms with Crippen LogP contribution in [0.15, 0.2) is 24.3 Å². The Hall–Kier alpha value is -1.95. The molecule has 1 aliphatic heterocycles. The van der Waals surface area contributed by atoms with Crippen LogP contribution in [-0.2, 0) is 9.59 Å². The standard InChI is InChI=1S/C14H16N2O3S/c15-14(20)10-3-1-4-11(9-10)19-8-2-7-16-12(17)5-6-13(16)18/h1,3-4,9H,2,5-8H2,(H2,15,20). The minimum atomic E-state index is -0.0922. The quantitative estimate of drug-likeness (QED) is 0.485.